The van der Waals surface area contributed by atoms with Gasteiger partial charge in [0.15, 0.2) is 0 Å². The summed E-state index contributed by atoms with van der Waals surface area (Å²) >= 11 is 0. The Kier molecular flexibility index (Phi) is 3.44. The average molecular weight is 296 g/mol. The first kappa shape index (κ1) is 14.1. The fourth-order valence-corrected chi connectivity index (χ4v) is 2.38. The van der Waals surface area contributed by atoms with E-state index in [2.05, 4.69) is 26.8 Å². The molecular weight excluding hydrogens is 281 g/mol. The Morgan fingerprint density at radius 3 is 2.48 bits per heavy atom. The third kappa shape index (κ3) is 2.92. The van der Waals surface area contributed by atoms with E-state index in [-0.39, 0.29) is 5.52 Å². The quantitative estimate of drug-likeness (QED) is 0.809. The molecule has 1 aliphatic heterocycles. The molecule has 112 valence electrons. The summed E-state index contributed by atoms with van der Waals surface area (Å²) in [6.45, 7) is 3.63. The fourth-order valence-electron chi connectivity index (χ4n) is 2.38. The first-order valence-corrected chi connectivity index (χ1v) is 6.71. The van der Waals surface area contributed by atoms with Gasteiger partial charge in [0.05, 0.1) is 11.7 Å². The lowest BCUT2D eigenvalue weighted by Gasteiger charge is -2.33. The van der Waals surface area contributed by atoms with Gasteiger partial charge in [-0.05, 0) is 19.2 Å². The van der Waals surface area contributed by atoms with Crippen molar-refractivity contribution in [3.63, 3.8) is 0 Å². The third-order valence-electron chi connectivity index (χ3n) is 3.68. The van der Waals surface area contributed by atoms with Gasteiger partial charge < -0.3 is 9.80 Å². The summed E-state index contributed by atoms with van der Waals surface area (Å²) in [5.74, 6) is 0.789. The van der Waals surface area contributed by atoms with Crippen LogP contribution in [0.2, 0.25) is 0 Å². The smallest absolute Gasteiger partial charge is 0.354 e. The predicted octanol–water partition coefficient (Wildman–Crippen LogP) is 2.40. The van der Waals surface area contributed by atoms with Gasteiger partial charge in [0.25, 0.3) is 0 Å². The van der Waals surface area contributed by atoms with E-state index in [0.29, 0.717) is 5.39 Å². The van der Waals surface area contributed by atoms with E-state index in [1.54, 1.807) is 6.07 Å². The molecule has 3 heterocycles. The lowest BCUT2D eigenvalue weighted by Crippen LogP contribution is -2.44. The SMILES string of the molecule is CN1CCN(c2cc3ccc(C(F)(F)F)nc3cn2)CC1. The zero-order chi connectivity index (χ0) is 15.0. The maximum Gasteiger partial charge on any atom is 0.433 e. The van der Waals surface area contributed by atoms with Crippen molar-refractivity contribution in [2.24, 2.45) is 0 Å². The molecule has 3 rings (SSSR count). The second-order valence-electron chi connectivity index (χ2n) is 5.22. The Morgan fingerprint density at radius 2 is 1.81 bits per heavy atom. The molecule has 0 aromatic carbocycles. The van der Waals surface area contributed by atoms with Gasteiger partial charge >= 0.3 is 6.18 Å². The molecule has 0 saturated carbocycles. The van der Waals surface area contributed by atoms with Crippen molar-refractivity contribution in [2.75, 3.05) is 38.1 Å². The molecule has 1 saturated heterocycles. The number of piperazine rings is 1. The van der Waals surface area contributed by atoms with Crippen LogP contribution in [0, 0.1) is 0 Å². The molecule has 21 heavy (non-hydrogen) atoms. The normalized spacial score (nSPS) is 17.4. The minimum absolute atomic E-state index is 0.266. The maximum absolute atomic E-state index is 12.6. The van der Waals surface area contributed by atoms with Crippen LogP contribution in [-0.2, 0) is 6.18 Å². The largest absolute Gasteiger partial charge is 0.433 e. The van der Waals surface area contributed by atoms with E-state index in [4.69, 9.17) is 0 Å². The van der Waals surface area contributed by atoms with Gasteiger partial charge in [-0.2, -0.15) is 13.2 Å². The number of rotatable bonds is 1. The number of halogens is 3. The Hall–Kier alpha value is -1.89. The Bertz CT molecular complexity index is 648. The van der Waals surface area contributed by atoms with E-state index < -0.39 is 11.9 Å². The van der Waals surface area contributed by atoms with Gasteiger partial charge in [-0.15, -0.1) is 0 Å². The van der Waals surface area contributed by atoms with E-state index in [1.807, 2.05) is 0 Å². The summed E-state index contributed by atoms with van der Waals surface area (Å²) in [6.07, 6.45) is -3.01. The van der Waals surface area contributed by atoms with Gasteiger partial charge in [0.1, 0.15) is 11.5 Å². The zero-order valence-corrected chi connectivity index (χ0v) is 11.6. The lowest BCUT2D eigenvalue weighted by atomic mass is 10.2. The van der Waals surface area contributed by atoms with E-state index in [1.165, 1.54) is 12.3 Å². The number of likely N-dealkylation sites (N-methyl/N-ethyl adjacent to an activating group) is 1. The van der Waals surface area contributed by atoms with Crippen molar-refractivity contribution in [1.82, 2.24) is 14.9 Å². The summed E-state index contributed by atoms with van der Waals surface area (Å²) in [5.41, 5.74) is -0.619. The van der Waals surface area contributed by atoms with E-state index in [0.717, 1.165) is 38.1 Å². The molecule has 0 unspecified atom stereocenters. The van der Waals surface area contributed by atoms with Crippen LogP contribution in [0.3, 0.4) is 0 Å². The third-order valence-corrected chi connectivity index (χ3v) is 3.68. The van der Waals surface area contributed by atoms with Crippen molar-refractivity contribution in [1.29, 1.82) is 0 Å². The van der Waals surface area contributed by atoms with Crippen LogP contribution in [-0.4, -0.2) is 48.1 Å². The molecule has 2 aromatic rings. The number of hydrogen-bond acceptors (Lipinski definition) is 4. The molecule has 0 amide bonds. The predicted molar refractivity (Wildman–Crippen MR) is 74.3 cm³/mol. The number of aromatic nitrogens is 2. The summed E-state index contributed by atoms with van der Waals surface area (Å²) < 4.78 is 37.9. The van der Waals surface area contributed by atoms with Gasteiger partial charge in [-0.3, -0.25) is 0 Å². The minimum Gasteiger partial charge on any atom is -0.354 e. The molecule has 0 spiro atoms. The van der Waals surface area contributed by atoms with Crippen LogP contribution in [0.25, 0.3) is 10.9 Å². The molecule has 1 fully saturated rings. The first-order chi connectivity index (χ1) is 9.93. The molecular formula is C14H15F3N4. The van der Waals surface area contributed by atoms with Crippen molar-refractivity contribution < 1.29 is 13.2 Å². The molecule has 7 heteroatoms. The van der Waals surface area contributed by atoms with E-state index in [9.17, 15) is 13.2 Å². The highest BCUT2D eigenvalue weighted by Gasteiger charge is 2.32. The molecule has 1 aliphatic rings. The second-order valence-corrected chi connectivity index (χ2v) is 5.22. The average Bonchev–Trinajstić information content (AvgIpc) is 2.46. The number of anilines is 1. The standard InChI is InChI=1S/C14H15F3N4/c1-20-4-6-21(7-5-20)13-8-10-2-3-12(14(15,16)17)19-11(10)9-18-13/h2-3,8-9H,4-7H2,1H3. The van der Waals surface area contributed by atoms with Crippen molar-refractivity contribution in [3.05, 3.63) is 30.1 Å². The summed E-state index contributed by atoms with van der Waals surface area (Å²) in [5, 5.41) is 0.673. The summed E-state index contributed by atoms with van der Waals surface area (Å²) in [7, 11) is 2.06. The Labute approximate surface area is 120 Å². The van der Waals surface area contributed by atoms with E-state index >= 15 is 0 Å². The molecule has 0 N–H and O–H groups in total. The lowest BCUT2D eigenvalue weighted by molar-refractivity contribution is -0.140. The monoisotopic (exact) mass is 296 g/mol. The topological polar surface area (TPSA) is 32.3 Å². The van der Waals surface area contributed by atoms with Crippen LogP contribution >= 0.6 is 0 Å². The molecule has 2 aromatic heterocycles. The highest BCUT2D eigenvalue weighted by atomic mass is 19.4. The van der Waals surface area contributed by atoms with Crippen LogP contribution in [0.4, 0.5) is 19.0 Å². The van der Waals surface area contributed by atoms with Crippen LogP contribution in [0.5, 0.6) is 0 Å². The second kappa shape index (κ2) is 5.14. The number of nitrogens with zero attached hydrogens (tertiary/aromatic N) is 4. The van der Waals surface area contributed by atoms with Crippen molar-refractivity contribution in [2.45, 2.75) is 6.18 Å². The number of fused-ring (bicyclic) bond motifs is 1. The van der Waals surface area contributed by atoms with Gasteiger partial charge in [0, 0.05) is 31.6 Å². The van der Waals surface area contributed by atoms with Gasteiger partial charge in [0.2, 0.25) is 0 Å². The van der Waals surface area contributed by atoms with Gasteiger partial charge in [-0.1, -0.05) is 6.07 Å². The Morgan fingerprint density at radius 1 is 1.10 bits per heavy atom. The summed E-state index contributed by atoms with van der Waals surface area (Å²) in [6, 6.07) is 4.26. The number of pyridine rings is 2. The highest BCUT2D eigenvalue weighted by Crippen LogP contribution is 2.29. The van der Waals surface area contributed by atoms with Crippen molar-refractivity contribution >= 4 is 16.7 Å². The molecule has 0 bridgehead atoms. The fraction of sp³-hybridized carbons (Fsp3) is 0.429. The molecule has 0 radical (unpaired) electrons. The first-order valence-electron chi connectivity index (χ1n) is 6.71. The molecule has 0 atom stereocenters. The highest BCUT2D eigenvalue weighted by molar-refractivity contribution is 5.80. The van der Waals surface area contributed by atoms with Crippen LogP contribution < -0.4 is 4.90 Å². The summed E-state index contributed by atoms with van der Waals surface area (Å²) in [4.78, 5) is 12.3. The maximum atomic E-state index is 12.6. The van der Waals surface area contributed by atoms with Crippen LogP contribution in [0.1, 0.15) is 5.69 Å². The Balaban J connectivity index is 1.91. The number of hydrogen-bond donors (Lipinski definition) is 0. The zero-order valence-electron chi connectivity index (χ0n) is 11.6. The minimum atomic E-state index is -4.43. The molecule has 4 nitrogen and oxygen atoms in total. The van der Waals surface area contributed by atoms with Crippen molar-refractivity contribution in [3.8, 4) is 0 Å². The number of alkyl halides is 3. The van der Waals surface area contributed by atoms with Gasteiger partial charge in [-0.25, -0.2) is 9.97 Å². The van der Waals surface area contributed by atoms with Crippen LogP contribution in [0.15, 0.2) is 24.4 Å². The molecule has 0 aliphatic carbocycles.